The van der Waals surface area contributed by atoms with Crippen molar-refractivity contribution in [3.63, 3.8) is 0 Å². The number of anilines is 2. The Bertz CT molecular complexity index is 1120. The molecular weight excluding hydrogens is 424 g/mol. The van der Waals surface area contributed by atoms with Crippen LogP contribution >= 0.6 is 0 Å². The van der Waals surface area contributed by atoms with Gasteiger partial charge in [-0.1, -0.05) is 0 Å². The fourth-order valence-corrected chi connectivity index (χ4v) is 3.61. The number of rotatable bonds is 7. The number of ether oxygens (including phenoxy) is 1. The average Bonchev–Trinajstić information content (AvgIpc) is 3.05. The van der Waals surface area contributed by atoms with E-state index in [1.165, 1.54) is 55.5 Å². The molecule has 2 aromatic carbocycles. The second-order valence-electron chi connectivity index (χ2n) is 7.03. The van der Waals surface area contributed by atoms with Crippen molar-refractivity contribution in [1.29, 1.82) is 0 Å². The summed E-state index contributed by atoms with van der Waals surface area (Å²) in [7, 11) is -3.43. The average molecular weight is 444 g/mol. The monoisotopic (exact) mass is 444 g/mol. The van der Waals surface area contributed by atoms with Crippen LogP contribution in [0.15, 0.2) is 48.5 Å². The minimum atomic E-state index is -3.43. The van der Waals surface area contributed by atoms with Crippen LogP contribution in [0, 0.1) is 0 Å². The van der Waals surface area contributed by atoms with Crippen molar-refractivity contribution in [3.05, 3.63) is 59.7 Å². The van der Waals surface area contributed by atoms with Crippen molar-refractivity contribution in [3.8, 4) is 0 Å². The Kier molecular flexibility index (Phi) is 6.21. The van der Waals surface area contributed by atoms with Crippen LogP contribution < -0.4 is 9.62 Å². The number of ketones is 1. The van der Waals surface area contributed by atoms with E-state index >= 15 is 0 Å². The quantitative estimate of drug-likeness (QED) is 0.394. The van der Waals surface area contributed by atoms with Crippen LogP contribution in [0.4, 0.5) is 11.4 Å². The number of sulfonamides is 1. The molecule has 1 aliphatic heterocycles. The lowest BCUT2D eigenvalue weighted by Crippen LogP contribution is -2.28. The lowest BCUT2D eigenvalue weighted by molar-refractivity contribution is -0.121. The molecule has 9 nitrogen and oxygen atoms in total. The van der Waals surface area contributed by atoms with Gasteiger partial charge in [0, 0.05) is 24.1 Å². The van der Waals surface area contributed by atoms with Crippen LogP contribution in [0.25, 0.3) is 0 Å². The van der Waals surface area contributed by atoms with Gasteiger partial charge < -0.3 is 4.74 Å². The van der Waals surface area contributed by atoms with Gasteiger partial charge >= 0.3 is 5.97 Å². The van der Waals surface area contributed by atoms with Crippen molar-refractivity contribution < 1.29 is 32.3 Å². The Morgan fingerprint density at radius 3 is 1.97 bits per heavy atom. The van der Waals surface area contributed by atoms with Gasteiger partial charge in [0.1, 0.15) is 0 Å². The fraction of sp³-hybridized carbons (Fsp3) is 0.238. The topological polar surface area (TPSA) is 127 Å². The maximum atomic E-state index is 12.5. The van der Waals surface area contributed by atoms with E-state index in [1.807, 2.05) is 0 Å². The van der Waals surface area contributed by atoms with Crippen molar-refractivity contribution in [2.24, 2.45) is 0 Å². The van der Waals surface area contributed by atoms with Gasteiger partial charge in [-0.2, -0.15) is 0 Å². The molecule has 0 aliphatic carbocycles. The number of nitrogens with one attached hydrogen (secondary N) is 1. The zero-order valence-electron chi connectivity index (χ0n) is 16.8. The van der Waals surface area contributed by atoms with E-state index < -0.39 is 27.9 Å². The van der Waals surface area contributed by atoms with Gasteiger partial charge in [-0.15, -0.1) is 0 Å². The lowest BCUT2D eigenvalue weighted by Gasteiger charge is -2.15. The normalized spacial score (nSPS) is 15.0. The maximum absolute atomic E-state index is 12.5. The van der Waals surface area contributed by atoms with Gasteiger partial charge in [-0.25, -0.2) is 13.2 Å². The Hall–Kier alpha value is -3.53. The van der Waals surface area contributed by atoms with E-state index in [0.29, 0.717) is 11.4 Å². The van der Waals surface area contributed by atoms with E-state index in [1.54, 1.807) is 0 Å². The molecule has 31 heavy (non-hydrogen) atoms. The van der Waals surface area contributed by atoms with Gasteiger partial charge in [0.2, 0.25) is 27.6 Å². The van der Waals surface area contributed by atoms with E-state index in [-0.39, 0.29) is 35.8 Å². The number of amides is 2. The summed E-state index contributed by atoms with van der Waals surface area (Å²) in [5, 5.41) is 0. The summed E-state index contributed by atoms with van der Waals surface area (Å²) in [6.07, 6.45) is 0.255. The second-order valence-corrected chi connectivity index (χ2v) is 8.78. The largest absolute Gasteiger partial charge is 0.451 e. The summed E-state index contributed by atoms with van der Waals surface area (Å²) >= 11 is 0. The molecule has 1 aliphatic rings. The Morgan fingerprint density at radius 2 is 1.45 bits per heavy atom. The van der Waals surface area contributed by atoms with E-state index in [0.717, 1.165) is 11.2 Å². The third-order valence-electron chi connectivity index (χ3n) is 4.54. The van der Waals surface area contributed by atoms with Crippen molar-refractivity contribution in [1.82, 2.24) is 0 Å². The highest BCUT2D eigenvalue weighted by Gasteiger charge is 2.30. The molecule has 1 saturated heterocycles. The summed E-state index contributed by atoms with van der Waals surface area (Å²) in [6.45, 7) is 1.43. The highest BCUT2D eigenvalue weighted by atomic mass is 32.2. The van der Waals surface area contributed by atoms with Gasteiger partial charge in [0.05, 0.1) is 17.5 Å². The van der Waals surface area contributed by atoms with Crippen molar-refractivity contribution in [2.45, 2.75) is 25.9 Å². The first-order chi connectivity index (χ1) is 14.5. The predicted molar refractivity (Wildman–Crippen MR) is 112 cm³/mol. The van der Waals surface area contributed by atoms with Gasteiger partial charge in [0.15, 0.2) is 6.10 Å². The molecule has 1 N–H and O–H groups in total. The number of nitrogens with zero attached hydrogens (tertiary/aromatic N) is 1. The Balaban J connectivity index is 1.64. The van der Waals surface area contributed by atoms with E-state index in [9.17, 15) is 27.6 Å². The molecule has 3 rings (SSSR count). The summed E-state index contributed by atoms with van der Waals surface area (Å²) in [5.41, 5.74) is 1.09. The number of imide groups is 1. The van der Waals surface area contributed by atoms with Crippen molar-refractivity contribution >= 4 is 45.0 Å². The zero-order valence-corrected chi connectivity index (χ0v) is 17.6. The highest BCUT2D eigenvalue weighted by molar-refractivity contribution is 7.92. The smallest absolute Gasteiger partial charge is 0.338 e. The standard InChI is InChI=1S/C21H20N2O7S/c1-13(20(26)14-3-7-16(8-4-14)22-31(2,28)29)30-21(27)15-5-9-17(10-6-15)23-18(24)11-12-19(23)25/h3-10,13,22H,11-12H2,1-2H3. The minimum Gasteiger partial charge on any atom is -0.451 e. The molecule has 0 radical (unpaired) electrons. The first-order valence-corrected chi connectivity index (χ1v) is 11.2. The van der Waals surface area contributed by atoms with Gasteiger partial charge in [0.25, 0.3) is 0 Å². The zero-order chi connectivity index (χ0) is 22.8. The first-order valence-electron chi connectivity index (χ1n) is 9.34. The molecule has 10 heteroatoms. The third kappa shape index (κ3) is 5.34. The molecule has 0 saturated carbocycles. The van der Waals surface area contributed by atoms with Crippen LogP contribution in [-0.2, 0) is 24.3 Å². The highest BCUT2D eigenvalue weighted by Crippen LogP contribution is 2.23. The molecule has 2 amide bonds. The van der Waals surface area contributed by atoms with Gasteiger partial charge in [-0.3, -0.25) is 24.0 Å². The van der Waals surface area contributed by atoms with Gasteiger partial charge in [-0.05, 0) is 55.5 Å². The van der Waals surface area contributed by atoms with Crippen LogP contribution in [0.1, 0.15) is 40.5 Å². The molecule has 1 unspecified atom stereocenters. The summed E-state index contributed by atoms with van der Waals surface area (Å²) in [6, 6.07) is 11.5. The number of Topliss-reactive ketones (excluding diaryl/α,β-unsaturated/α-hetero) is 1. The van der Waals surface area contributed by atoms with Crippen molar-refractivity contribution in [2.75, 3.05) is 15.9 Å². The molecule has 1 atom stereocenters. The summed E-state index contributed by atoms with van der Waals surface area (Å²) < 4.78 is 30.0. The van der Waals surface area contributed by atoms with Crippen LogP contribution in [-0.4, -0.2) is 44.3 Å². The summed E-state index contributed by atoms with van der Waals surface area (Å²) in [5.74, 6) is -1.78. The number of hydrogen-bond donors (Lipinski definition) is 1. The Labute approximate surface area is 179 Å². The van der Waals surface area contributed by atoms with Crippen LogP contribution in [0.3, 0.4) is 0 Å². The van der Waals surface area contributed by atoms with Crippen LogP contribution in [0.5, 0.6) is 0 Å². The Morgan fingerprint density at radius 1 is 0.935 bits per heavy atom. The third-order valence-corrected chi connectivity index (χ3v) is 5.14. The summed E-state index contributed by atoms with van der Waals surface area (Å²) in [4.78, 5) is 49.5. The number of esters is 1. The molecule has 0 bridgehead atoms. The minimum absolute atomic E-state index is 0.160. The molecule has 162 valence electrons. The molecule has 1 heterocycles. The number of carbonyl (C=O) groups excluding carboxylic acids is 4. The number of benzene rings is 2. The second kappa shape index (κ2) is 8.68. The number of carbonyl (C=O) groups is 4. The number of hydrogen-bond acceptors (Lipinski definition) is 7. The van der Waals surface area contributed by atoms with E-state index in [2.05, 4.69) is 4.72 Å². The molecule has 0 aromatic heterocycles. The van der Waals surface area contributed by atoms with E-state index in [4.69, 9.17) is 4.74 Å². The SMILES string of the molecule is CC(OC(=O)c1ccc(N2C(=O)CCC2=O)cc1)C(=O)c1ccc(NS(C)(=O)=O)cc1. The maximum Gasteiger partial charge on any atom is 0.338 e. The lowest BCUT2D eigenvalue weighted by atomic mass is 10.1. The molecule has 2 aromatic rings. The molecule has 0 spiro atoms. The predicted octanol–water partition coefficient (Wildman–Crippen LogP) is 2.14. The van der Waals surface area contributed by atoms with Crippen LogP contribution in [0.2, 0.25) is 0 Å². The molecular formula is C21H20N2O7S. The first kappa shape index (κ1) is 22.2. The molecule has 1 fully saturated rings. The fourth-order valence-electron chi connectivity index (χ4n) is 3.04.